The molecule has 0 aliphatic carbocycles. The molecule has 0 saturated carbocycles. The van der Waals surface area contributed by atoms with Gasteiger partial charge in [0.25, 0.3) is 0 Å². The van der Waals surface area contributed by atoms with Gasteiger partial charge in [-0.3, -0.25) is 0 Å². The van der Waals surface area contributed by atoms with E-state index >= 15 is 0 Å². The molecule has 0 heterocycles. The van der Waals surface area contributed by atoms with Gasteiger partial charge < -0.3 is 5.32 Å². The molecule has 3 nitrogen and oxygen atoms in total. The minimum atomic E-state index is -3.14. The normalized spacial score (nSPS) is 15.2. The second-order valence-electron chi connectivity index (χ2n) is 5.20. The molecule has 2 atom stereocenters. The number of benzene rings is 1. The lowest BCUT2D eigenvalue weighted by atomic mass is 9.94. The second kappa shape index (κ2) is 7.06. The summed E-state index contributed by atoms with van der Waals surface area (Å²) in [5.74, 6) is 0.617. The fourth-order valence-electron chi connectivity index (χ4n) is 2.11. The third-order valence-corrected chi connectivity index (χ3v) is 4.58. The van der Waals surface area contributed by atoms with Gasteiger partial charge in [-0.2, -0.15) is 0 Å². The summed E-state index contributed by atoms with van der Waals surface area (Å²) in [6.07, 6.45) is 3.41. The predicted molar refractivity (Wildman–Crippen MR) is 80.0 cm³/mol. The average Bonchev–Trinajstić information content (AvgIpc) is 2.37. The van der Waals surface area contributed by atoms with Gasteiger partial charge in [0.05, 0.1) is 4.90 Å². The molecule has 0 spiro atoms. The van der Waals surface area contributed by atoms with Crippen molar-refractivity contribution in [2.45, 2.75) is 44.6 Å². The highest BCUT2D eigenvalue weighted by atomic mass is 32.2. The van der Waals surface area contributed by atoms with E-state index in [-0.39, 0.29) is 6.04 Å². The zero-order valence-electron chi connectivity index (χ0n) is 12.3. The van der Waals surface area contributed by atoms with Gasteiger partial charge in [-0.15, -0.1) is 0 Å². The van der Waals surface area contributed by atoms with E-state index in [0.29, 0.717) is 10.8 Å². The zero-order valence-corrected chi connectivity index (χ0v) is 13.1. The Kier molecular flexibility index (Phi) is 6.01. The summed E-state index contributed by atoms with van der Waals surface area (Å²) in [5, 5.41) is 3.45. The van der Waals surface area contributed by atoms with Crippen LogP contribution in [0.25, 0.3) is 0 Å². The molecule has 0 aliphatic rings. The SMILES string of the molecule is CCNC(CC(C)CC)c1cccc(S(C)(=O)=O)c1. The first-order valence-corrected chi connectivity index (χ1v) is 8.81. The summed E-state index contributed by atoms with van der Waals surface area (Å²) in [5.41, 5.74) is 1.06. The minimum absolute atomic E-state index is 0.224. The van der Waals surface area contributed by atoms with Crippen molar-refractivity contribution in [2.75, 3.05) is 12.8 Å². The van der Waals surface area contributed by atoms with E-state index in [0.717, 1.165) is 24.9 Å². The molecular formula is C15H25NO2S. The minimum Gasteiger partial charge on any atom is -0.310 e. The predicted octanol–water partition coefficient (Wildman–Crippen LogP) is 3.18. The lowest BCUT2D eigenvalue weighted by Gasteiger charge is -2.22. The zero-order chi connectivity index (χ0) is 14.5. The molecular weight excluding hydrogens is 258 g/mol. The Morgan fingerprint density at radius 3 is 2.47 bits per heavy atom. The molecule has 0 saturated heterocycles. The van der Waals surface area contributed by atoms with Crippen molar-refractivity contribution in [1.29, 1.82) is 0 Å². The van der Waals surface area contributed by atoms with Gasteiger partial charge in [0.1, 0.15) is 0 Å². The monoisotopic (exact) mass is 283 g/mol. The van der Waals surface area contributed by atoms with Gasteiger partial charge in [0, 0.05) is 12.3 Å². The summed E-state index contributed by atoms with van der Waals surface area (Å²) >= 11 is 0. The van der Waals surface area contributed by atoms with E-state index in [4.69, 9.17) is 0 Å². The molecule has 1 rings (SSSR count). The molecule has 1 aromatic rings. The summed E-state index contributed by atoms with van der Waals surface area (Å²) in [7, 11) is -3.14. The highest BCUT2D eigenvalue weighted by molar-refractivity contribution is 7.90. The quantitative estimate of drug-likeness (QED) is 0.836. The Morgan fingerprint density at radius 2 is 1.95 bits per heavy atom. The van der Waals surface area contributed by atoms with E-state index < -0.39 is 9.84 Å². The van der Waals surface area contributed by atoms with Crippen molar-refractivity contribution in [3.8, 4) is 0 Å². The number of hydrogen-bond acceptors (Lipinski definition) is 3. The van der Waals surface area contributed by atoms with Crippen molar-refractivity contribution >= 4 is 9.84 Å². The van der Waals surface area contributed by atoms with Crippen LogP contribution < -0.4 is 5.32 Å². The van der Waals surface area contributed by atoms with Gasteiger partial charge in [0.2, 0.25) is 0 Å². The van der Waals surface area contributed by atoms with Crippen molar-refractivity contribution in [3.05, 3.63) is 29.8 Å². The van der Waals surface area contributed by atoms with Crippen LogP contribution in [0.3, 0.4) is 0 Å². The fourth-order valence-corrected chi connectivity index (χ4v) is 2.79. The summed E-state index contributed by atoms with van der Waals surface area (Å²) in [4.78, 5) is 0.400. The highest BCUT2D eigenvalue weighted by Crippen LogP contribution is 2.24. The van der Waals surface area contributed by atoms with Crippen LogP contribution in [-0.2, 0) is 9.84 Å². The molecule has 4 heteroatoms. The van der Waals surface area contributed by atoms with Crippen molar-refractivity contribution in [3.63, 3.8) is 0 Å². The number of sulfone groups is 1. The van der Waals surface area contributed by atoms with Crippen LogP contribution in [0.1, 0.15) is 45.2 Å². The molecule has 0 amide bonds. The maximum Gasteiger partial charge on any atom is 0.175 e. The molecule has 19 heavy (non-hydrogen) atoms. The van der Waals surface area contributed by atoms with Crippen LogP contribution in [0.2, 0.25) is 0 Å². The van der Waals surface area contributed by atoms with Crippen LogP contribution in [0.4, 0.5) is 0 Å². The van der Waals surface area contributed by atoms with Crippen molar-refractivity contribution < 1.29 is 8.42 Å². The Balaban J connectivity index is 3.02. The average molecular weight is 283 g/mol. The first kappa shape index (κ1) is 16.2. The molecule has 1 N–H and O–H groups in total. The molecule has 108 valence electrons. The van der Waals surface area contributed by atoms with E-state index in [1.807, 2.05) is 12.1 Å². The van der Waals surface area contributed by atoms with E-state index in [1.165, 1.54) is 6.26 Å². The molecule has 2 unspecified atom stereocenters. The van der Waals surface area contributed by atoms with Crippen molar-refractivity contribution in [2.24, 2.45) is 5.92 Å². The number of rotatable bonds is 7. The van der Waals surface area contributed by atoms with Gasteiger partial charge in [0.15, 0.2) is 9.84 Å². The van der Waals surface area contributed by atoms with Crippen molar-refractivity contribution in [1.82, 2.24) is 5.32 Å². The van der Waals surface area contributed by atoms with E-state index in [2.05, 4.69) is 26.1 Å². The largest absolute Gasteiger partial charge is 0.310 e. The third kappa shape index (κ3) is 4.96. The first-order chi connectivity index (χ1) is 8.88. The number of nitrogens with one attached hydrogen (secondary N) is 1. The smallest absolute Gasteiger partial charge is 0.175 e. The standard InChI is InChI=1S/C15H25NO2S/c1-5-12(3)10-15(16-6-2)13-8-7-9-14(11-13)19(4,17)18/h7-9,11-12,15-16H,5-6,10H2,1-4H3. The van der Waals surface area contributed by atoms with E-state index in [1.54, 1.807) is 12.1 Å². The topological polar surface area (TPSA) is 46.2 Å². The van der Waals surface area contributed by atoms with Crippen LogP contribution in [0.15, 0.2) is 29.2 Å². The summed E-state index contributed by atoms with van der Waals surface area (Å²) < 4.78 is 23.2. The Labute approximate surface area is 117 Å². The fraction of sp³-hybridized carbons (Fsp3) is 0.600. The van der Waals surface area contributed by atoms with Crippen LogP contribution in [-0.4, -0.2) is 21.2 Å². The molecule has 0 fully saturated rings. The Bertz CT molecular complexity index is 497. The lowest BCUT2D eigenvalue weighted by Crippen LogP contribution is -2.23. The van der Waals surface area contributed by atoms with Crippen LogP contribution in [0.5, 0.6) is 0 Å². The number of hydrogen-bond donors (Lipinski definition) is 1. The van der Waals surface area contributed by atoms with E-state index in [9.17, 15) is 8.42 Å². The highest BCUT2D eigenvalue weighted by Gasteiger charge is 2.16. The summed E-state index contributed by atoms with van der Waals surface area (Å²) in [6.45, 7) is 7.36. The molecule has 0 bridgehead atoms. The second-order valence-corrected chi connectivity index (χ2v) is 7.22. The molecule has 0 aromatic heterocycles. The van der Waals surface area contributed by atoms with Crippen LogP contribution >= 0.6 is 0 Å². The molecule has 0 aliphatic heterocycles. The maximum absolute atomic E-state index is 11.6. The van der Waals surface area contributed by atoms with Gasteiger partial charge >= 0.3 is 0 Å². The maximum atomic E-state index is 11.6. The molecule has 1 aromatic carbocycles. The van der Waals surface area contributed by atoms with Gasteiger partial charge in [-0.1, -0.05) is 39.3 Å². The lowest BCUT2D eigenvalue weighted by molar-refractivity contribution is 0.408. The van der Waals surface area contributed by atoms with Gasteiger partial charge in [-0.25, -0.2) is 8.42 Å². The third-order valence-electron chi connectivity index (χ3n) is 3.47. The molecule has 0 radical (unpaired) electrons. The summed E-state index contributed by atoms with van der Waals surface area (Å²) in [6, 6.07) is 7.51. The Hall–Kier alpha value is -0.870. The van der Waals surface area contributed by atoms with Gasteiger partial charge in [-0.05, 0) is 36.6 Å². The first-order valence-electron chi connectivity index (χ1n) is 6.91. The van der Waals surface area contributed by atoms with Crippen LogP contribution in [0, 0.1) is 5.92 Å². The Morgan fingerprint density at radius 1 is 1.26 bits per heavy atom.